The van der Waals surface area contributed by atoms with Crippen LogP contribution < -0.4 is 0 Å². The van der Waals surface area contributed by atoms with E-state index >= 15 is 0 Å². The Hall–Kier alpha value is -1.32. The Labute approximate surface area is 335 Å². The van der Waals surface area contributed by atoms with Crippen LogP contribution in [0.3, 0.4) is 0 Å². The molecule has 0 unspecified atom stereocenters. The molecule has 1 saturated heterocycles. The van der Waals surface area contributed by atoms with Gasteiger partial charge in [0.2, 0.25) is 28.9 Å². The summed E-state index contributed by atoms with van der Waals surface area (Å²) in [5.74, 6) is -6.28. The van der Waals surface area contributed by atoms with Crippen molar-refractivity contribution in [1.29, 1.82) is 0 Å². The molecular weight excluding hydrogens is 902 g/mol. The van der Waals surface area contributed by atoms with E-state index in [4.69, 9.17) is 72.6 Å². The maximum Gasteiger partial charge on any atom is 0.328 e. The summed E-state index contributed by atoms with van der Waals surface area (Å²) >= 11 is 9.53. The van der Waals surface area contributed by atoms with Crippen molar-refractivity contribution in [3.8, 4) is 0 Å². The van der Waals surface area contributed by atoms with E-state index in [0.717, 1.165) is 0 Å². The predicted octanol–water partition coefficient (Wildman–Crippen LogP) is 0.850. The highest BCUT2D eigenvalue weighted by molar-refractivity contribution is 8.14. The van der Waals surface area contributed by atoms with Gasteiger partial charge in [-0.2, -0.15) is 16.8 Å². The van der Waals surface area contributed by atoms with Gasteiger partial charge in [0.1, 0.15) is 0 Å². The molecule has 1 heterocycles. The van der Waals surface area contributed by atoms with Gasteiger partial charge in [0.15, 0.2) is 0 Å². The summed E-state index contributed by atoms with van der Waals surface area (Å²) in [5, 5.41) is 18.2. The van der Waals surface area contributed by atoms with E-state index < -0.39 is 111 Å². The summed E-state index contributed by atoms with van der Waals surface area (Å²) in [6.45, 7) is 2.27. The molecule has 0 aromatic carbocycles. The molecule has 0 radical (unpaired) electrons. The van der Waals surface area contributed by atoms with Gasteiger partial charge in [0, 0.05) is 21.4 Å². The molecule has 20 nitrogen and oxygen atoms in total. The first-order chi connectivity index (χ1) is 24.3. The van der Waals surface area contributed by atoms with Gasteiger partial charge in [0.25, 0.3) is 20.2 Å². The number of alkyl halides is 2. The quantitative estimate of drug-likeness (QED) is 0.0609. The number of carbonyl (C=O) groups excluding carboxylic acids is 4. The summed E-state index contributed by atoms with van der Waals surface area (Å²) < 4.78 is 116. The van der Waals surface area contributed by atoms with E-state index in [1.807, 2.05) is 0 Å². The standard InChI is InChI=1S/C12H20O10S2.C9H16O6.C3H6Cl2O4S2.CH2Cl2.CH4/c1-3-19-10(13)12(11(14)20-4-2)8-21-23(15,16)6-5-7-24(17,18)22-9-12;1-3-14-7(12)9(5-10,6-11)8(13)15-4-2;4-10(6,7)2-1-3-11(5,8)9;2-1-3;/h3-9H2,1-2H3;10-11H,3-6H2,1-2H3;1-3H2;1H2;1H4. The van der Waals surface area contributed by atoms with E-state index in [9.17, 15) is 52.8 Å². The summed E-state index contributed by atoms with van der Waals surface area (Å²) in [4.78, 5) is 47.3. The van der Waals surface area contributed by atoms with E-state index in [-0.39, 0.29) is 63.5 Å². The fraction of sp³-hybridized carbons (Fsp3) is 0.846. The van der Waals surface area contributed by atoms with Crippen LogP contribution in [-0.4, -0.2) is 149 Å². The molecule has 0 aromatic heterocycles. The number of esters is 4. The molecule has 1 fully saturated rings. The van der Waals surface area contributed by atoms with Crippen LogP contribution in [0.25, 0.3) is 0 Å². The lowest BCUT2D eigenvalue weighted by Gasteiger charge is -2.28. The van der Waals surface area contributed by atoms with Gasteiger partial charge >= 0.3 is 23.9 Å². The second kappa shape index (κ2) is 29.0. The summed E-state index contributed by atoms with van der Waals surface area (Å²) in [6, 6.07) is 0. The van der Waals surface area contributed by atoms with Gasteiger partial charge < -0.3 is 29.2 Å². The molecule has 0 spiro atoms. The minimum absolute atomic E-state index is 0. The van der Waals surface area contributed by atoms with E-state index in [1.165, 1.54) is 13.8 Å². The van der Waals surface area contributed by atoms with Gasteiger partial charge in [-0.15, -0.1) is 23.2 Å². The molecule has 0 amide bonds. The van der Waals surface area contributed by atoms with Crippen LogP contribution in [0, 0.1) is 10.8 Å². The Balaban J connectivity index is -0.000000358. The van der Waals surface area contributed by atoms with Crippen LogP contribution in [0.2, 0.25) is 0 Å². The highest BCUT2D eigenvalue weighted by Gasteiger charge is 2.52. The van der Waals surface area contributed by atoms with E-state index in [1.54, 1.807) is 13.8 Å². The molecule has 0 bridgehead atoms. The number of ether oxygens (including phenoxy) is 4. The Morgan fingerprint density at radius 2 is 0.981 bits per heavy atom. The Bertz CT molecular complexity index is 1460. The van der Waals surface area contributed by atoms with Gasteiger partial charge in [-0.3, -0.25) is 27.5 Å². The molecule has 1 aliphatic heterocycles. The number of carbonyl (C=O) groups is 4. The molecule has 0 atom stereocenters. The van der Waals surface area contributed by atoms with Crippen LogP contribution in [0.1, 0.15) is 48.0 Å². The SMILES string of the molecule is C.CCOC(=O)C(CO)(CO)C(=O)OCC.CCOC(=O)C1(C(=O)OCC)COS(=O)(=O)CCCS(=O)(=O)OC1.ClCCl.O=S(=O)(Cl)CCCS(=O)(=O)Cl. The molecular formula is C26H48Cl4O20S4. The number of hydrogen-bond donors (Lipinski definition) is 2. The number of hydrogen-bond acceptors (Lipinski definition) is 20. The van der Waals surface area contributed by atoms with Crippen molar-refractivity contribution in [1.82, 2.24) is 0 Å². The number of halogens is 4. The van der Waals surface area contributed by atoms with Crippen molar-refractivity contribution in [3.05, 3.63) is 0 Å². The van der Waals surface area contributed by atoms with Gasteiger partial charge in [-0.1, -0.05) is 7.43 Å². The molecule has 0 aliphatic carbocycles. The second-order valence-corrected chi connectivity index (χ2v) is 19.8. The van der Waals surface area contributed by atoms with Gasteiger partial charge in [-0.25, -0.2) is 16.8 Å². The largest absolute Gasteiger partial charge is 0.465 e. The summed E-state index contributed by atoms with van der Waals surface area (Å²) in [6.07, 6.45) is -0.311. The molecule has 28 heteroatoms. The smallest absolute Gasteiger partial charge is 0.328 e. The van der Waals surface area contributed by atoms with Crippen molar-refractivity contribution in [2.75, 3.05) is 81.2 Å². The van der Waals surface area contributed by atoms with Crippen LogP contribution in [0.4, 0.5) is 0 Å². The highest BCUT2D eigenvalue weighted by atomic mass is 35.7. The fourth-order valence-corrected chi connectivity index (χ4v) is 7.14. The zero-order chi connectivity index (χ0) is 42.2. The molecule has 1 rings (SSSR count). The first kappa shape index (κ1) is 59.4. The number of aliphatic hydroxyl groups is 2. The second-order valence-electron chi connectivity index (χ2n) is 9.70. The van der Waals surface area contributed by atoms with Crippen molar-refractivity contribution >= 4 is 107 Å². The van der Waals surface area contributed by atoms with Gasteiger partial charge in [-0.05, 0) is 40.5 Å². The minimum Gasteiger partial charge on any atom is -0.465 e. The van der Waals surface area contributed by atoms with Crippen LogP contribution in [0.15, 0.2) is 0 Å². The van der Waals surface area contributed by atoms with Crippen LogP contribution in [0.5, 0.6) is 0 Å². The normalized spacial score (nSPS) is 16.3. The topological polar surface area (TPSA) is 301 Å². The Morgan fingerprint density at radius 3 is 1.22 bits per heavy atom. The van der Waals surface area contributed by atoms with E-state index in [2.05, 4.69) is 9.47 Å². The lowest BCUT2D eigenvalue weighted by Crippen LogP contribution is -2.50. The van der Waals surface area contributed by atoms with Crippen molar-refractivity contribution in [3.63, 3.8) is 0 Å². The molecule has 324 valence electrons. The third-order valence-electron chi connectivity index (χ3n) is 5.74. The average Bonchev–Trinajstić information content (AvgIpc) is 3.02. The Kier molecular flexibility index (Phi) is 31.9. The molecule has 54 heavy (non-hydrogen) atoms. The van der Waals surface area contributed by atoms with Crippen LogP contribution in [-0.2, 0) is 84.8 Å². The lowest BCUT2D eigenvalue weighted by molar-refractivity contribution is -0.179. The fourth-order valence-electron chi connectivity index (χ4n) is 3.14. The van der Waals surface area contributed by atoms with Crippen molar-refractivity contribution in [2.45, 2.75) is 48.0 Å². The van der Waals surface area contributed by atoms with Crippen LogP contribution >= 0.6 is 44.6 Å². The van der Waals surface area contributed by atoms with E-state index in [0.29, 0.717) is 0 Å². The van der Waals surface area contributed by atoms with Gasteiger partial charge in [0.05, 0.1) is 81.2 Å². The predicted molar refractivity (Wildman–Crippen MR) is 197 cm³/mol. The molecule has 2 N–H and O–H groups in total. The zero-order valence-corrected chi connectivity index (χ0v) is 35.3. The first-order valence-corrected chi connectivity index (χ1v) is 24.1. The minimum atomic E-state index is -4.14. The Morgan fingerprint density at radius 1 is 0.685 bits per heavy atom. The third kappa shape index (κ3) is 25.0. The third-order valence-corrected chi connectivity index (χ3v) is 10.7. The molecule has 1 aliphatic rings. The molecule has 0 saturated carbocycles. The molecule has 0 aromatic rings. The first-order valence-electron chi connectivity index (χ1n) is 14.9. The average molecular weight is 951 g/mol. The number of aliphatic hydroxyl groups excluding tert-OH is 2. The zero-order valence-electron chi connectivity index (χ0n) is 29.0. The monoisotopic (exact) mass is 948 g/mol. The maximum atomic E-state index is 12.2. The lowest BCUT2D eigenvalue weighted by atomic mass is 9.90. The summed E-state index contributed by atoms with van der Waals surface area (Å²) in [7, 11) is -5.87. The van der Waals surface area contributed by atoms with Crippen molar-refractivity contribution in [2.24, 2.45) is 10.8 Å². The highest BCUT2D eigenvalue weighted by Crippen LogP contribution is 2.27. The van der Waals surface area contributed by atoms with Crippen molar-refractivity contribution < 1.29 is 90.4 Å². The number of rotatable bonds is 14. The maximum absolute atomic E-state index is 12.2. The summed E-state index contributed by atoms with van der Waals surface area (Å²) in [5.41, 5.74) is -4.37.